The minimum absolute atomic E-state index is 0. The van der Waals surface area contributed by atoms with Crippen molar-refractivity contribution in [2.24, 2.45) is 118 Å². The van der Waals surface area contributed by atoms with Crippen LogP contribution in [0.3, 0.4) is 0 Å². The van der Waals surface area contributed by atoms with Crippen molar-refractivity contribution in [1.29, 1.82) is 0 Å². The minimum atomic E-state index is 0. The summed E-state index contributed by atoms with van der Waals surface area (Å²) in [4.78, 5) is 0. The summed E-state index contributed by atoms with van der Waals surface area (Å²) in [7, 11) is 0. The molecule has 0 heterocycles. The Morgan fingerprint density at radius 2 is 0.429 bits per heavy atom. The van der Waals surface area contributed by atoms with Crippen LogP contribution < -0.4 is 0 Å². The van der Waals surface area contributed by atoms with Crippen LogP contribution in [0, 0.1) is 118 Å². The SMILES string of the molecule is C/C=C/C1CCC(C2CCC(CCCCC)CC2)CC1.C=CCCC1CCC(C2CCC(CC)CC2)CC1.C=CCCC1CCC(C2CCC(CCC)CC2)CC1.C=CCCC1CCC(C2CCC(CCCC)CC2)CC1.C=CCCC1CCC(C2CCC(CCCCC)CC2)CC1.[HH].[HH].[HH].[HH].[HH].[HH].[HH].[HH].[HH].[HH]. The minimum Gasteiger partial charge on any atom is -0.103 e. The molecule has 0 nitrogen and oxygen atoms in total. The van der Waals surface area contributed by atoms with Gasteiger partial charge in [0.1, 0.15) is 0 Å². The highest BCUT2D eigenvalue weighted by atomic mass is 14.4. The van der Waals surface area contributed by atoms with Crippen molar-refractivity contribution in [3.63, 3.8) is 0 Å². The molecule has 0 aromatic heterocycles. The molecular weight excluding hydrogens is 1180 g/mol. The fourth-order valence-corrected chi connectivity index (χ4v) is 23.4. The van der Waals surface area contributed by atoms with Crippen molar-refractivity contribution in [3.05, 3.63) is 62.8 Å². The maximum absolute atomic E-state index is 3.87. The summed E-state index contributed by atoms with van der Waals surface area (Å²) < 4.78 is 0. The Labute approximate surface area is 632 Å². The van der Waals surface area contributed by atoms with Crippen molar-refractivity contribution in [2.75, 3.05) is 0 Å². The summed E-state index contributed by atoms with van der Waals surface area (Å²) in [6, 6.07) is 0. The molecule has 0 spiro atoms. The van der Waals surface area contributed by atoms with Crippen LogP contribution in [0.25, 0.3) is 0 Å². The van der Waals surface area contributed by atoms with Crippen molar-refractivity contribution in [2.45, 2.75) is 440 Å². The molecule has 0 aliphatic heterocycles. The lowest BCUT2D eigenvalue weighted by Crippen LogP contribution is -2.25. The molecule has 10 aliphatic rings. The van der Waals surface area contributed by atoms with Gasteiger partial charge in [0.05, 0.1) is 0 Å². The van der Waals surface area contributed by atoms with E-state index in [4.69, 9.17) is 0 Å². The van der Waals surface area contributed by atoms with E-state index < -0.39 is 0 Å². The highest BCUT2D eigenvalue weighted by molar-refractivity contribution is 4.92. The molecule has 10 saturated carbocycles. The molecule has 10 fully saturated rings. The standard InChI is InChI=1S/C21H38.2C20H36.C19H34.C18H32.10H2/c1-3-5-7-9-19-12-16-21(17-13-19)20-14-10-18(11-15-20)8-6-4-2;1-3-5-6-8-18-11-15-20(16-12-18)19-13-9-17(7-4-2)10-14-19;1-3-5-7-17-9-13-19(14-10-17)20-15-11-18(12-16-20)8-6-4-2;1-3-5-7-17-10-14-19(15-11-17)18-12-8-16(6-4-2)9-13-18;1-3-5-6-16-9-13-18(14-10-16)17-11-7-15(4-2)8-12-17;;;;;;;;;;/h4,18-21H,2-3,5-17H2,1H3;4,7,17-20H,3,5-6,8-16H2,1-2H3;3,17-20H,1,4-16H2,2H3;3,16-19H,1,4-15H2,2H3;3,15-18H,1,4-14H2,2H3;10*1H/b;7-4+;;;;;;;;;;;;;. The normalized spacial score (nSPS) is 35.4. The van der Waals surface area contributed by atoms with Crippen molar-refractivity contribution < 1.29 is 14.3 Å². The lowest BCUT2D eigenvalue weighted by molar-refractivity contribution is 0.140. The average molecular weight is 1370 g/mol. The van der Waals surface area contributed by atoms with Crippen LogP contribution in [0.4, 0.5) is 0 Å². The Balaban J connectivity index is -0.000000400. The van der Waals surface area contributed by atoms with Gasteiger partial charge in [0.25, 0.3) is 0 Å². The lowest BCUT2D eigenvalue weighted by Gasteiger charge is -2.38. The van der Waals surface area contributed by atoms with Crippen LogP contribution in [0.2, 0.25) is 0 Å². The molecule has 0 bridgehead atoms. The van der Waals surface area contributed by atoms with Gasteiger partial charge in [-0.05, 0) is 318 Å². The third-order valence-electron chi connectivity index (χ3n) is 30.4. The molecule has 588 valence electrons. The van der Waals surface area contributed by atoms with E-state index >= 15 is 0 Å². The van der Waals surface area contributed by atoms with Gasteiger partial charge in [0, 0.05) is 14.3 Å². The maximum Gasteiger partial charge on any atom is 0 e. The van der Waals surface area contributed by atoms with Gasteiger partial charge in [-0.15, -0.1) is 26.3 Å². The first kappa shape index (κ1) is 85.6. The number of rotatable bonds is 32. The summed E-state index contributed by atoms with van der Waals surface area (Å²) in [6.45, 7) is 29.3. The predicted molar refractivity (Wildman–Crippen MR) is 461 cm³/mol. The fourth-order valence-electron chi connectivity index (χ4n) is 23.4. The van der Waals surface area contributed by atoms with Crippen LogP contribution in [0.1, 0.15) is 454 Å². The number of hydrogen-bond acceptors (Lipinski definition) is 0. The van der Waals surface area contributed by atoms with Crippen molar-refractivity contribution in [1.82, 2.24) is 0 Å². The first-order valence-electron chi connectivity index (χ1n) is 46.2. The highest BCUT2D eigenvalue weighted by Crippen LogP contribution is 2.48. The Morgan fingerprint density at radius 3 is 0.633 bits per heavy atom. The number of hydrogen-bond donors (Lipinski definition) is 0. The Morgan fingerprint density at radius 1 is 0.224 bits per heavy atom. The van der Waals surface area contributed by atoms with Crippen LogP contribution in [-0.4, -0.2) is 0 Å². The van der Waals surface area contributed by atoms with Gasteiger partial charge in [-0.1, -0.05) is 277 Å². The second-order valence-corrected chi connectivity index (χ2v) is 37.0. The van der Waals surface area contributed by atoms with Crippen LogP contribution in [-0.2, 0) is 0 Å². The zero-order valence-corrected chi connectivity index (χ0v) is 67.7. The van der Waals surface area contributed by atoms with Gasteiger partial charge in [0.15, 0.2) is 0 Å². The third kappa shape index (κ3) is 33.9. The van der Waals surface area contributed by atoms with E-state index in [1.807, 2.05) is 0 Å². The summed E-state index contributed by atoms with van der Waals surface area (Å²) in [5.74, 6) is 21.2. The molecule has 0 amide bonds. The summed E-state index contributed by atoms with van der Waals surface area (Å²) in [5.41, 5.74) is 0. The zero-order chi connectivity index (χ0) is 69.6. The van der Waals surface area contributed by atoms with Crippen LogP contribution >= 0.6 is 0 Å². The summed E-state index contributed by atoms with van der Waals surface area (Å²) in [5, 5.41) is 0. The Bertz CT molecular complexity index is 1940. The smallest absolute Gasteiger partial charge is 0 e. The van der Waals surface area contributed by atoms with Gasteiger partial charge < -0.3 is 0 Å². The maximum atomic E-state index is 3.87. The summed E-state index contributed by atoms with van der Waals surface area (Å²) >= 11 is 0. The van der Waals surface area contributed by atoms with E-state index in [1.54, 1.807) is 103 Å². The Kier molecular flexibility index (Phi) is 46.7. The predicted octanol–water partition coefficient (Wildman–Crippen LogP) is 35.5. The molecule has 0 heteroatoms. The van der Waals surface area contributed by atoms with Gasteiger partial charge in [-0.3, -0.25) is 0 Å². The second kappa shape index (κ2) is 53.5. The average Bonchev–Trinajstić information content (AvgIpc) is 0.884. The molecule has 0 unspecified atom stereocenters. The largest absolute Gasteiger partial charge is 0.103 e. The monoisotopic (exact) mass is 1370 g/mol. The van der Waals surface area contributed by atoms with E-state index in [2.05, 4.69) is 104 Å². The van der Waals surface area contributed by atoms with Gasteiger partial charge in [-0.2, -0.15) is 0 Å². The molecule has 10 aliphatic carbocycles. The molecule has 0 saturated heterocycles. The van der Waals surface area contributed by atoms with Gasteiger partial charge in [0.2, 0.25) is 0 Å². The topological polar surface area (TPSA) is 0 Å². The van der Waals surface area contributed by atoms with Crippen LogP contribution in [0.15, 0.2) is 62.8 Å². The first-order valence-corrected chi connectivity index (χ1v) is 46.2. The van der Waals surface area contributed by atoms with E-state index in [9.17, 15) is 0 Å². The first-order chi connectivity index (χ1) is 48.2. The van der Waals surface area contributed by atoms with E-state index in [1.165, 1.54) is 295 Å². The zero-order valence-electron chi connectivity index (χ0n) is 67.7. The molecule has 0 N–H and O–H groups in total. The molecule has 98 heavy (non-hydrogen) atoms. The number of unbranched alkanes of at least 4 members (excludes halogenated alkanes) is 5. The quantitative estimate of drug-likeness (QED) is 0.0465. The third-order valence-corrected chi connectivity index (χ3v) is 30.4. The molecule has 0 aromatic carbocycles. The second-order valence-electron chi connectivity index (χ2n) is 37.0. The van der Waals surface area contributed by atoms with Crippen molar-refractivity contribution >= 4 is 0 Å². The lowest BCUT2D eigenvalue weighted by atomic mass is 9.68. The molecular formula is C98H196. The Hall–Kier alpha value is -1.30. The van der Waals surface area contributed by atoms with Gasteiger partial charge >= 0.3 is 0 Å². The van der Waals surface area contributed by atoms with E-state index in [0.29, 0.717) is 0 Å². The van der Waals surface area contributed by atoms with Gasteiger partial charge in [-0.25, -0.2) is 0 Å². The van der Waals surface area contributed by atoms with E-state index in [0.717, 1.165) is 118 Å². The summed E-state index contributed by atoms with van der Waals surface area (Å²) in [6.07, 6.45) is 105. The number of allylic oxidation sites excluding steroid dienone is 6. The molecule has 0 atom stereocenters. The molecule has 0 aromatic rings. The van der Waals surface area contributed by atoms with E-state index in [-0.39, 0.29) is 14.3 Å². The fraction of sp³-hybridized carbons (Fsp3) is 0.898. The molecule has 0 radical (unpaired) electrons. The van der Waals surface area contributed by atoms with Crippen molar-refractivity contribution in [3.8, 4) is 0 Å². The highest BCUT2D eigenvalue weighted by Gasteiger charge is 2.36. The molecule has 10 rings (SSSR count). The van der Waals surface area contributed by atoms with Crippen LogP contribution in [0.5, 0.6) is 0 Å².